The third-order valence-corrected chi connectivity index (χ3v) is 15.4. The van der Waals surface area contributed by atoms with Crippen molar-refractivity contribution in [2.75, 3.05) is 53.8 Å². The molecule has 0 spiro atoms. The number of likely N-dealkylation sites (tertiary alicyclic amines) is 1. The van der Waals surface area contributed by atoms with Crippen LogP contribution in [0.2, 0.25) is 0 Å². The minimum atomic E-state index is -4.83. The summed E-state index contributed by atoms with van der Waals surface area (Å²) in [6, 6.07) is 10.1. The Morgan fingerprint density at radius 2 is 1.49 bits per heavy atom. The topological polar surface area (TPSA) is 290 Å². The lowest BCUT2D eigenvalue weighted by Gasteiger charge is -2.41. The van der Waals surface area contributed by atoms with Crippen LogP contribution in [0.4, 0.5) is 10.5 Å². The number of hydrogen-bond acceptors (Lipinski definition) is 13. The molecule has 0 aromatic heterocycles. The van der Waals surface area contributed by atoms with Crippen LogP contribution < -0.4 is 32.3 Å². The number of carbonyl (C=O) groups excluding carboxylic acids is 7. The van der Waals surface area contributed by atoms with Crippen molar-refractivity contribution in [2.45, 2.75) is 162 Å². The summed E-state index contributed by atoms with van der Waals surface area (Å²) < 4.78 is 37.0. The third kappa shape index (κ3) is 20.0. The van der Waals surface area contributed by atoms with Gasteiger partial charge in [-0.1, -0.05) is 97.4 Å². The lowest BCUT2D eigenvalue weighted by molar-refractivity contribution is -0.148. The van der Waals surface area contributed by atoms with Gasteiger partial charge in [-0.3, -0.25) is 42.7 Å². The molecule has 1 heterocycles. The molecular formula is C55H90N9O13P. The van der Waals surface area contributed by atoms with Crippen molar-refractivity contribution in [3.05, 3.63) is 65.7 Å². The summed E-state index contributed by atoms with van der Waals surface area (Å²) in [5.41, 5.74) is 6.43. The summed E-state index contributed by atoms with van der Waals surface area (Å²) in [6.45, 7) is 16.6. The van der Waals surface area contributed by atoms with Crippen molar-refractivity contribution in [1.29, 1.82) is 0 Å². The third-order valence-electron chi connectivity index (χ3n) is 14.4. The van der Waals surface area contributed by atoms with E-state index in [2.05, 4.69) is 26.6 Å². The SMILES string of the molecule is CC[C@H](C)[C@@H]([C@@H](CC(=O)N1CCC[C@H]1[C@H](OC)[C@@H](C)C(=O)N[C@H](C)[C@@H](OP(=O)(O)OCc1ccc(NC(=O)[C@H](CCCNC(N)=O)NC(C)=O)cc1)c1ccccc1)OC)N(C)C(=O)[C@@H](NC(=O)[C@H](C(C)C)N(C)C)C(C)C. The maximum Gasteiger partial charge on any atom is 0.473 e. The molecule has 1 aliphatic heterocycles. The number of anilines is 1. The number of benzene rings is 2. The normalized spacial score (nSPS) is 18.3. The summed E-state index contributed by atoms with van der Waals surface area (Å²) in [5.74, 6) is -3.25. The number of primary amides is 1. The smallest absolute Gasteiger partial charge is 0.379 e. The number of carbonyl (C=O) groups is 7. The lowest BCUT2D eigenvalue weighted by Crippen LogP contribution is -2.59. The predicted molar refractivity (Wildman–Crippen MR) is 297 cm³/mol. The fourth-order valence-corrected chi connectivity index (χ4v) is 11.2. The monoisotopic (exact) mass is 1120 g/mol. The van der Waals surface area contributed by atoms with Crippen molar-refractivity contribution in [3.8, 4) is 0 Å². The Bertz CT molecular complexity index is 2300. The van der Waals surface area contributed by atoms with Crippen molar-refractivity contribution < 1.29 is 61.5 Å². The zero-order valence-corrected chi connectivity index (χ0v) is 49.2. The molecule has 12 atom stereocenters. The number of rotatable bonds is 32. The van der Waals surface area contributed by atoms with Crippen molar-refractivity contribution in [1.82, 2.24) is 36.0 Å². The standard InChI is InChI=1S/C55H90N9O13P/c1-15-35(6)48(63(12)54(70)46(33(2)3)61-53(69)47(34(4)5)62(10)11)44(74-13)31-45(66)64-30-20-24-43(64)49(75-14)36(7)51(67)58-37(8)50(40-21-17-16-18-22-40)77-78(72,73)76-32-39-25-27-41(28-26-39)60-52(68)42(59-38(9)65)23-19-29-57-55(56)71/h16-18,21-22,25-28,33-37,42-44,46-50H,15,19-20,23-24,29-32H2,1-14H3,(H,58,67)(H,59,65)(H,60,68)(H,61,69)(H,72,73)(H3,56,57,71)/t35-,36+,37+,42-,43-,44+,46-,47-,48-,49+,50+/m0/s1. The van der Waals surface area contributed by atoms with Crippen molar-refractivity contribution in [3.63, 3.8) is 0 Å². The van der Waals surface area contributed by atoms with Crippen molar-refractivity contribution in [2.24, 2.45) is 29.4 Å². The van der Waals surface area contributed by atoms with Crippen LogP contribution in [0.3, 0.4) is 0 Å². The highest BCUT2D eigenvalue weighted by atomic mass is 31.2. The number of amides is 8. The van der Waals surface area contributed by atoms with Gasteiger partial charge in [-0.2, -0.15) is 0 Å². The fraction of sp³-hybridized carbons (Fsp3) is 0.655. The molecule has 1 aliphatic rings. The number of likely N-dealkylation sites (N-methyl/N-ethyl adjacent to an activating group) is 2. The Labute approximate surface area is 461 Å². The molecule has 1 unspecified atom stereocenters. The van der Waals surface area contributed by atoms with Gasteiger partial charge in [0.15, 0.2) is 0 Å². The van der Waals surface area contributed by atoms with E-state index in [1.165, 1.54) is 21.1 Å². The van der Waals surface area contributed by atoms with E-state index in [9.17, 15) is 43.0 Å². The van der Waals surface area contributed by atoms with Crippen LogP contribution in [0.5, 0.6) is 0 Å². The molecule has 0 saturated carbocycles. The summed E-state index contributed by atoms with van der Waals surface area (Å²) in [7, 11) is 3.55. The Kier molecular flexibility index (Phi) is 27.4. The van der Waals surface area contributed by atoms with Gasteiger partial charge in [-0.15, -0.1) is 0 Å². The second-order valence-electron chi connectivity index (χ2n) is 21.3. The molecule has 0 aliphatic carbocycles. The molecule has 2 aromatic rings. The van der Waals surface area contributed by atoms with Gasteiger partial charge < -0.3 is 56.5 Å². The Balaban J connectivity index is 1.74. The Hall–Kier alpha value is -5.48. The minimum absolute atomic E-state index is 0.00148. The second-order valence-corrected chi connectivity index (χ2v) is 22.7. The van der Waals surface area contributed by atoms with Gasteiger partial charge in [0, 0.05) is 47.0 Å². The van der Waals surface area contributed by atoms with Crippen LogP contribution >= 0.6 is 7.82 Å². The molecular weight excluding hydrogens is 1030 g/mol. The maximum atomic E-state index is 14.5. The lowest BCUT2D eigenvalue weighted by atomic mass is 9.89. The first-order valence-electron chi connectivity index (χ1n) is 27.0. The predicted octanol–water partition coefficient (Wildman–Crippen LogP) is 5.11. The molecule has 2 aromatic carbocycles. The highest BCUT2D eigenvalue weighted by Crippen LogP contribution is 2.49. The number of urea groups is 1. The van der Waals surface area contributed by atoms with E-state index in [-0.39, 0.29) is 61.5 Å². The van der Waals surface area contributed by atoms with Crippen LogP contribution in [-0.2, 0) is 58.5 Å². The molecule has 1 fully saturated rings. The van der Waals surface area contributed by atoms with Gasteiger partial charge in [-0.05, 0) is 87.7 Å². The second kappa shape index (κ2) is 31.9. The van der Waals surface area contributed by atoms with Crippen LogP contribution in [-0.4, -0.2) is 158 Å². The van der Waals surface area contributed by atoms with E-state index < -0.39 is 92.1 Å². The minimum Gasteiger partial charge on any atom is -0.379 e. The van der Waals surface area contributed by atoms with Crippen LogP contribution in [0.15, 0.2) is 54.6 Å². The Morgan fingerprint density at radius 3 is 2.03 bits per heavy atom. The number of phosphoric ester groups is 1. The Morgan fingerprint density at radius 1 is 0.846 bits per heavy atom. The average Bonchev–Trinajstić information content (AvgIpc) is 3.87. The number of nitrogens with zero attached hydrogens (tertiary/aromatic N) is 3. The quantitative estimate of drug-likeness (QED) is 0.0371. The van der Waals surface area contributed by atoms with Gasteiger partial charge >= 0.3 is 13.9 Å². The molecule has 8 amide bonds. The number of nitrogens with one attached hydrogen (secondary N) is 5. The zero-order chi connectivity index (χ0) is 58.6. The molecule has 438 valence electrons. The van der Waals surface area contributed by atoms with Gasteiger partial charge in [0.2, 0.25) is 35.4 Å². The average molecular weight is 1120 g/mol. The number of hydrogen-bond donors (Lipinski definition) is 7. The van der Waals surface area contributed by atoms with Gasteiger partial charge in [0.1, 0.15) is 18.2 Å². The summed E-state index contributed by atoms with van der Waals surface area (Å²) in [5, 5.41) is 13.7. The highest BCUT2D eigenvalue weighted by Gasteiger charge is 2.44. The van der Waals surface area contributed by atoms with Gasteiger partial charge in [-0.25, -0.2) is 9.36 Å². The van der Waals surface area contributed by atoms with E-state index >= 15 is 0 Å². The number of nitrogens with two attached hydrogens (primary N) is 1. The number of phosphoric acid groups is 1. The summed E-state index contributed by atoms with van der Waals surface area (Å²) >= 11 is 0. The first-order chi connectivity index (χ1) is 36.7. The highest BCUT2D eigenvalue weighted by molar-refractivity contribution is 7.47. The number of methoxy groups -OCH3 is 2. The van der Waals surface area contributed by atoms with Gasteiger partial charge in [0.05, 0.1) is 55.3 Å². The molecule has 22 nitrogen and oxygen atoms in total. The van der Waals surface area contributed by atoms with E-state index in [1.807, 2.05) is 60.5 Å². The first-order valence-corrected chi connectivity index (χ1v) is 28.5. The van der Waals surface area contributed by atoms with Gasteiger partial charge in [0.25, 0.3) is 0 Å². The van der Waals surface area contributed by atoms with Crippen molar-refractivity contribution >= 4 is 55.0 Å². The molecule has 1 saturated heterocycles. The van der Waals surface area contributed by atoms with Crippen LogP contribution in [0, 0.1) is 23.7 Å². The molecule has 3 rings (SSSR count). The van der Waals surface area contributed by atoms with Crippen LogP contribution in [0.1, 0.15) is 118 Å². The fourth-order valence-electron chi connectivity index (χ4n) is 10.2. The van der Waals surface area contributed by atoms with E-state index in [1.54, 1.807) is 85.3 Å². The molecule has 0 bridgehead atoms. The van der Waals surface area contributed by atoms with E-state index in [0.717, 1.165) is 0 Å². The zero-order valence-electron chi connectivity index (χ0n) is 48.3. The van der Waals surface area contributed by atoms with Crippen LogP contribution in [0.25, 0.3) is 0 Å². The maximum absolute atomic E-state index is 14.5. The molecule has 23 heteroatoms. The molecule has 78 heavy (non-hydrogen) atoms. The summed E-state index contributed by atoms with van der Waals surface area (Å²) in [6.07, 6.45) is -0.209. The molecule has 8 N–H and O–H groups in total. The van der Waals surface area contributed by atoms with E-state index in [0.29, 0.717) is 49.0 Å². The molecule has 0 radical (unpaired) electrons. The summed E-state index contributed by atoms with van der Waals surface area (Å²) in [4.78, 5) is 109. The largest absolute Gasteiger partial charge is 0.473 e. The number of ether oxygens (including phenoxy) is 2. The van der Waals surface area contributed by atoms with E-state index in [4.69, 9.17) is 24.3 Å². The first kappa shape index (κ1) is 66.8.